The van der Waals surface area contributed by atoms with Crippen LogP contribution in [0.5, 0.6) is 11.6 Å². The summed E-state index contributed by atoms with van der Waals surface area (Å²) in [5.74, 6) is 0.815. The van der Waals surface area contributed by atoms with Crippen molar-refractivity contribution in [2.75, 3.05) is 16.4 Å². The maximum absolute atomic E-state index is 12.7. The lowest BCUT2D eigenvalue weighted by molar-refractivity contribution is 0.0473. The Bertz CT molecular complexity index is 1610. The van der Waals surface area contributed by atoms with E-state index in [2.05, 4.69) is 25.8 Å². The number of carbonyl (C=O) groups is 1. The van der Waals surface area contributed by atoms with Crippen LogP contribution < -0.4 is 21.1 Å². The lowest BCUT2D eigenvalue weighted by atomic mass is 10.1. The van der Waals surface area contributed by atoms with E-state index in [9.17, 15) is 4.79 Å². The van der Waals surface area contributed by atoms with Gasteiger partial charge in [-0.1, -0.05) is 48.5 Å². The van der Waals surface area contributed by atoms with Crippen molar-refractivity contribution < 1.29 is 14.3 Å². The third kappa shape index (κ3) is 6.74. The van der Waals surface area contributed by atoms with Crippen LogP contribution in [-0.4, -0.2) is 26.3 Å². The van der Waals surface area contributed by atoms with Gasteiger partial charge in [-0.2, -0.15) is 0 Å². The molecule has 40 heavy (non-hydrogen) atoms. The average Bonchev–Trinajstić information content (AvgIpc) is 2.99. The highest BCUT2D eigenvalue weighted by Gasteiger charge is 2.12. The first-order valence-electron chi connectivity index (χ1n) is 12.3. The van der Waals surface area contributed by atoms with Gasteiger partial charge in [-0.15, -0.1) is 10.2 Å². The molecule has 5 aromatic rings. The molecule has 0 atom stereocenters. The number of pyridine rings is 1. The molecule has 4 N–H and O–H groups in total. The molecule has 198 valence electrons. The summed E-state index contributed by atoms with van der Waals surface area (Å²) in [5.41, 5.74) is 9.83. The fraction of sp³-hybridized carbons (Fsp3) is 0.0333. The number of nitrogens with one attached hydrogen (secondary N) is 2. The van der Waals surface area contributed by atoms with Crippen molar-refractivity contribution in [2.24, 2.45) is 0 Å². The number of nitrogen functional groups attached to an aromatic ring is 1. The zero-order valence-corrected chi connectivity index (χ0v) is 22.0. The number of aromatic nitrogens is 3. The Morgan fingerprint density at radius 1 is 0.825 bits per heavy atom. The lowest BCUT2D eigenvalue weighted by Gasteiger charge is -2.14. The Morgan fingerprint density at radius 3 is 2.35 bits per heavy atom. The molecular formula is C30H24N6O3S. The number of benzene rings is 3. The van der Waals surface area contributed by atoms with Crippen LogP contribution in [0.3, 0.4) is 0 Å². The van der Waals surface area contributed by atoms with Crippen LogP contribution in [0.2, 0.25) is 0 Å². The van der Waals surface area contributed by atoms with Gasteiger partial charge < -0.3 is 25.8 Å². The highest BCUT2D eigenvalue weighted by atomic mass is 32.1. The van der Waals surface area contributed by atoms with Crippen LogP contribution in [0.25, 0.3) is 11.3 Å². The fourth-order valence-corrected chi connectivity index (χ4v) is 3.90. The number of nitrogens with two attached hydrogens (primary N) is 1. The molecule has 3 aromatic carbocycles. The molecule has 0 fully saturated rings. The molecule has 0 unspecified atom stereocenters. The van der Waals surface area contributed by atoms with E-state index >= 15 is 0 Å². The summed E-state index contributed by atoms with van der Waals surface area (Å²) in [6.45, 7) is 0.0406. The van der Waals surface area contributed by atoms with Gasteiger partial charge in [0.25, 0.3) is 0 Å². The second-order valence-corrected chi connectivity index (χ2v) is 8.91. The van der Waals surface area contributed by atoms with E-state index in [1.54, 1.807) is 48.7 Å². The molecule has 0 saturated carbocycles. The number of thiocarbonyl (C=S) groups is 1. The third-order valence-electron chi connectivity index (χ3n) is 5.71. The van der Waals surface area contributed by atoms with Gasteiger partial charge in [-0.05, 0) is 66.8 Å². The van der Waals surface area contributed by atoms with Gasteiger partial charge in [0.2, 0.25) is 5.88 Å². The number of esters is 1. The number of nitrogens with zero attached hydrogens (tertiary/aromatic N) is 3. The Hall–Kier alpha value is -5.35. The zero-order valence-electron chi connectivity index (χ0n) is 21.2. The van der Waals surface area contributed by atoms with Crippen molar-refractivity contribution in [3.05, 3.63) is 120 Å². The predicted octanol–water partition coefficient (Wildman–Crippen LogP) is 6.08. The van der Waals surface area contributed by atoms with Crippen molar-refractivity contribution in [3.8, 4) is 22.9 Å². The number of anilines is 3. The highest BCUT2D eigenvalue weighted by Crippen LogP contribution is 2.25. The van der Waals surface area contributed by atoms with E-state index in [0.717, 1.165) is 16.8 Å². The summed E-state index contributed by atoms with van der Waals surface area (Å²) >= 11 is 5.46. The molecule has 0 aliphatic carbocycles. The van der Waals surface area contributed by atoms with Gasteiger partial charge in [-0.3, -0.25) is 0 Å². The Morgan fingerprint density at radius 2 is 1.60 bits per heavy atom. The monoisotopic (exact) mass is 548 g/mol. The topological polar surface area (TPSA) is 124 Å². The van der Waals surface area contributed by atoms with Crippen molar-refractivity contribution >= 4 is 40.5 Å². The maximum atomic E-state index is 12.7. The van der Waals surface area contributed by atoms with Gasteiger partial charge in [0.05, 0.1) is 16.9 Å². The van der Waals surface area contributed by atoms with Crippen LogP contribution in [0.1, 0.15) is 15.9 Å². The molecule has 0 aliphatic rings. The molecule has 9 nitrogen and oxygen atoms in total. The molecule has 0 amide bonds. The Labute approximate surface area is 236 Å². The fourth-order valence-electron chi connectivity index (χ4n) is 3.69. The second kappa shape index (κ2) is 12.5. The normalized spacial score (nSPS) is 10.4. The van der Waals surface area contributed by atoms with Gasteiger partial charge in [0.1, 0.15) is 12.4 Å². The first-order chi connectivity index (χ1) is 19.5. The van der Waals surface area contributed by atoms with E-state index < -0.39 is 5.97 Å². The molecule has 2 aromatic heterocycles. The number of para-hydroxylation sites is 1. The van der Waals surface area contributed by atoms with E-state index in [4.69, 9.17) is 27.4 Å². The molecule has 0 aliphatic heterocycles. The zero-order chi connectivity index (χ0) is 27.7. The van der Waals surface area contributed by atoms with E-state index in [0.29, 0.717) is 39.5 Å². The van der Waals surface area contributed by atoms with Crippen LogP contribution >= 0.6 is 12.2 Å². The molecule has 2 heterocycles. The van der Waals surface area contributed by atoms with Crippen LogP contribution in [0.4, 0.5) is 17.2 Å². The first kappa shape index (κ1) is 26.3. The number of hydrogen-bond acceptors (Lipinski definition) is 8. The number of carbonyl (C=O) groups excluding carboxylic acids is 1. The Balaban J connectivity index is 1.16. The van der Waals surface area contributed by atoms with E-state index in [1.165, 1.54) is 0 Å². The lowest BCUT2D eigenvalue weighted by Crippen LogP contribution is -2.21. The van der Waals surface area contributed by atoms with Gasteiger partial charge in [0, 0.05) is 23.0 Å². The molecule has 5 rings (SSSR count). The molecule has 0 spiro atoms. The maximum Gasteiger partial charge on any atom is 0.338 e. The van der Waals surface area contributed by atoms with Crippen molar-refractivity contribution in [3.63, 3.8) is 0 Å². The summed E-state index contributed by atoms with van der Waals surface area (Å²) < 4.78 is 11.2. The smallest absolute Gasteiger partial charge is 0.338 e. The summed E-state index contributed by atoms with van der Waals surface area (Å²) in [6.07, 6.45) is 1.59. The molecule has 10 heteroatoms. The van der Waals surface area contributed by atoms with Crippen LogP contribution in [0.15, 0.2) is 109 Å². The molecule has 0 saturated heterocycles. The van der Waals surface area contributed by atoms with Crippen molar-refractivity contribution in [1.82, 2.24) is 15.2 Å². The summed E-state index contributed by atoms with van der Waals surface area (Å²) in [6, 6.07) is 30.8. The van der Waals surface area contributed by atoms with Crippen LogP contribution in [-0.2, 0) is 11.3 Å². The summed E-state index contributed by atoms with van der Waals surface area (Å²) in [7, 11) is 0. The van der Waals surface area contributed by atoms with E-state index in [1.807, 2.05) is 60.7 Å². The SMILES string of the molecule is Nc1cccnc1Oc1ccc(C(=O)OCc2ccccc2NC(=S)Nc2ccc(-c3ccccc3)nn2)cc1. The minimum absolute atomic E-state index is 0.0406. The minimum atomic E-state index is -0.479. The number of ether oxygens (including phenoxy) is 2. The van der Waals surface area contributed by atoms with E-state index in [-0.39, 0.29) is 6.61 Å². The average molecular weight is 549 g/mol. The van der Waals surface area contributed by atoms with Gasteiger partial charge >= 0.3 is 5.97 Å². The quantitative estimate of drug-likeness (QED) is 0.155. The van der Waals surface area contributed by atoms with Gasteiger partial charge in [0.15, 0.2) is 10.9 Å². The molecule has 0 bridgehead atoms. The second-order valence-electron chi connectivity index (χ2n) is 8.51. The van der Waals surface area contributed by atoms with Crippen molar-refractivity contribution in [2.45, 2.75) is 6.61 Å². The van der Waals surface area contributed by atoms with Crippen molar-refractivity contribution in [1.29, 1.82) is 0 Å². The van der Waals surface area contributed by atoms with Gasteiger partial charge in [-0.25, -0.2) is 9.78 Å². The highest BCUT2D eigenvalue weighted by molar-refractivity contribution is 7.80. The summed E-state index contributed by atoms with van der Waals surface area (Å²) in [5, 5.41) is 15.0. The van der Waals surface area contributed by atoms with Crippen LogP contribution in [0, 0.1) is 0 Å². The molecule has 0 radical (unpaired) electrons. The molecular weight excluding hydrogens is 524 g/mol. The third-order valence-corrected chi connectivity index (χ3v) is 5.91. The summed E-state index contributed by atoms with van der Waals surface area (Å²) in [4.78, 5) is 16.8. The number of hydrogen-bond donors (Lipinski definition) is 3. The number of rotatable bonds is 8. The first-order valence-corrected chi connectivity index (χ1v) is 12.7. The predicted molar refractivity (Wildman–Crippen MR) is 158 cm³/mol. The minimum Gasteiger partial charge on any atom is -0.457 e. The Kier molecular flexibility index (Phi) is 8.18. The largest absolute Gasteiger partial charge is 0.457 e. The standard InChI is InChI=1S/C30H24N6O3S/c31-24-10-6-18-32-28(24)39-23-14-12-21(13-15-23)29(37)38-19-22-9-4-5-11-25(22)33-30(40)34-27-17-16-26(35-36-27)20-7-2-1-3-8-20/h1-18H,19,31H2,(H2,33,34,36,40).